The van der Waals surface area contributed by atoms with Gasteiger partial charge < -0.3 is 14.7 Å². The summed E-state index contributed by atoms with van der Waals surface area (Å²) in [6.07, 6.45) is 4.20. The van der Waals surface area contributed by atoms with Crippen LogP contribution in [-0.2, 0) is 6.54 Å². The fourth-order valence-corrected chi connectivity index (χ4v) is 3.08. The molecule has 2 aromatic heterocycles. The summed E-state index contributed by atoms with van der Waals surface area (Å²) in [4.78, 5) is 19.0. The lowest BCUT2D eigenvalue weighted by molar-refractivity contribution is 0.0942. The Kier molecular flexibility index (Phi) is 4.64. The van der Waals surface area contributed by atoms with Gasteiger partial charge in [-0.1, -0.05) is 35.5 Å². The highest BCUT2D eigenvalue weighted by atomic mass is 16.5. The summed E-state index contributed by atoms with van der Waals surface area (Å²) in [6.45, 7) is 2.52. The van der Waals surface area contributed by atoms with Crippen LogP contribution >= 0.6 is 0 Å². The molecule has 1 fully saturated rings. The van der Waals surface area contributed by atoms with Gasteiger partial charge in [0.05, 0.1) is 0 Å². The molecule has 26 heavy (non-hydrogen) atoms. The lowest BCUT2D eigenvalue weighted by Gasteiger charge is -2.16. The number of nitrogens with zero attached hydrogens (tertiary/aromatic N) is 3. The van der Waals surface area contributed by atoms with E-state index in [1.807, 2.05) is 42.5 Å². The van der Waals surface area contributed by atoms with E-state index in [0.717, 1.165) is 30.0 Å². The second-order valence-electron chi connectivity index (χ2n) is 6.34. The number of benzene rings is 1. The molecule has 6 heteroatoms. The molecular weight excluding hydrogens is 328 g/mol. The van der Waals surface area contributed by atoms with Gasteiger partial charge in [-0.2, -0.15) is 0 Å². The van der Waals surface area contributed by atoms with Crippen molar-refractivity contribution in [1.29, 1.82) is 0 Å². The van der Waals surface area contributed by atoms with Gasteiger partial charge in [-0.15, -0.1) is 0 Å². The molecule has 1 saturated heterocycles. The number of rotatable bonds is 5. The fraction of sp³-hybridized carbons (Fsp3) is 0.250. The average Bonchev–Trinajstić information content (AvgIpc) is 3.39. The van der Waals surface area contributed by atoms with Gasteiger partial charge in [-0.05, 0) is 30.5 Å². The predicted molar refractivity (Wildman–Crippen MR) is 98.8 cm³/mol. The molecule has 0 spiro atoms. The molecule has 1 aliphatic heterocycles. The third-order valence-electron chi connectivity index (χ3n) is 4.49. The van der Waals surface area contributed by atoms with Crippen LogP contribution in [0.25, 0.3) is 11.3 Å². The lowest BCUT2D eigenvalue weighted by atomic mass is 10.1. The summed E-state index contributed by atoms with van der Waals surface area (Å²) in [5, 5.41) is 6.77. The van der Waals surface area contributed by atoms with E-state index in [4.69, 9.17) is 4.52 Å². The maximum absolute atomic E-state index is 12.3. The van der Waals surface area contributed by atoms with Crippen molar-refractivity contribution in [3.05, 3.63) is 66.0 Å². The van der Waals surface area contributed by atoms with Crippen molar-refractivity contribution in [2.75, 3.05) is 18.0 Å². The number of anilines is 1. The Hall–Kier alpha value is -3.15. The molecule has 1 amide bonds. The first kappa shape index (κ1) is 16.3. The molecule has 3 heterocycles. The summed E-state index contributed by atoms with van der Waals surface area (Å²) < 4.78 is 5.28. The standard InChI is InChI=1S/C20H20N4O2/c25-20(17-13-18(26-23-17)16-6-2-1-3-7-16)22-14-15-8-9-21-19(12-15)24-10-4-5-11-24/h1-3,6-9,12-13H,4-5,10-11,14H2,(H,22,25). The van der Waals surface area contributed by atoms with Crippen LogP contribution in [0.2, 0.25) is 0 Å². The van der Waals surface area contributed by atoms with E-state index >= 15 is 0 Å². The Morgan fingerprint density at radius 2 is 1.92 bits per heavy atom. The molecule has 6 nitrogen and oxygen atoms in total. The first-order valence-electron chi connectivity index (χ1n) is 8.80. The summed E-state index contributed by atoms with van der Waals surface area (Å²) in [5.41, 5.74) is 2.18. The van der Waals surface area contributed by atoms with Crippen molar-refractivity contribution in [3.63, 3.8) is 0 Å². The van der Waals surface area contributed by atoms with E-state index in [2.05, 4.69) is 20.4 Å². The number of hydrogen-bond acceptors (Lipinski definition) is 5. The highest BCUT2D eigenvalue weighted by molar-refractivity contribution is 5.93. The second-order valence-corrected chi connectivity index (χ2v) is 6.34. The Morgan fingerprint density at radius 1 is 1.12 bits per heavy atom. The van der Waals surface area contributed by atoms with E-state index < -0.39 is 0 Å². The molecule has 3 aromatic rings. The molecule has 0 bridgehead atoms. The number of hydrogen-bond donors (Lipinski definition) is 1. The Balaban J connectivity index is 1.40. The van der Waals surface area contributed by atoms with Crippen molar-refractivity contribution in [2.24, 2.45) is 0 Å². The van der Waals surface area contributed by atoms with Crippen LogP contribution in [0.5, 0.6) is 0 Å². The fourth-order valence-electron chi connectivity index (χ4n) is 3.08. The first-order valence-corrected chi connectivity index (χ1v) is 8.80. The average molecular weight is 348 g/mol. The van der Waals surface area contributed by atoms with Crippen molar-refractivity contribution >= 4 is 11.7 Å². The van der Waals surface area contributed by atoms with Crippen LogP contribution in [0.15, 0.2) is 59.3 Å². The smallest absolute Gasteiger partial charge is 0.273 e. The topological polar surface area (TPSA) is 71.3 Å². The first-order chi connectivity index (χ1) is 12.8. The molecule has 0 unspecified atom stereocenters. The Bertz CT molecular complexity index is 886. The molecule has 132 valence electrons. The maximum Gasteiger partial charge on any atom is 0.273 e. The highest BCUT2D eigenvalue weighted by Crippen LogP contribution is 2.20. The van der Waals surface area contributed by atoms with E-state index in [-0.39, 0.29) is 11.6 Å². The van der Waals surface area contributed by atoms with Crippen molar-refractivity contribution in [1.82, 2.24) is 15.5 Å². The zero-order chi connectivity index (χ0) is 17.8. The molecule has 0 atom stereocenters. The summed E-state index contributed by atoms with van der Waals surface area (Å²) in [5.74, 6) is 1.30. The third kappa shape index (κ3) is 3.59. The molecule has 4 rings (SSSR count). The molecule has 1 N–H and O–H groups in total. The highest BCUT2D eigenvalue weighted by Gasteiger charge is 2.15. The predicted octanol–water partition coefficient (Wildman–Crippen LogP) is 3.27. The van der Waals surface area contributed by atoms with Crippen LogP contribution in [0.3, 0.4) is 0 Å². The minimum absolute atomic E-state index is 0.254. The number of carbonyl (C=O) groups excluding carboxylic acids is 1. The number of pyridine rings is 1. The molecular formula is C20H20N4O2. The van der Waals surface area contributed by atoms with Crippen molar-refractivity contribution in [2.45, 2.75) is 19.4 Å². The molecule has 1 aliphatic rings. The minimum Gasteiger partial charge on any atom is -0.357 e. The van der Waals surface area contributed by atoms with Gasteiger partial charge in [0.15, 0.2) is 11.5 Å². The van der Waals surface area contributed by atoms with E-state index in [9.17, 15) is 4.79 Å². The minimum atomic E-state index is -0.254. The van der Waals surface area contributed by atoms with Crippen LogP contribution in [-0.4, -0.2) is 29.1 Å². The second kappa shape index (κ2) is 7.39. The largest absolute Gasteiger partial charge is 0.357 e. The van der Waals surface area contributed by atoms with Crippen LogP contribution in [0.4, 0.5) is 5.82 Å². The van der Waals surface area contributed by atoms with Crippen molar-refractivity contribution in [3.8, 4) is 11.3 Å². The van der Waals surface area contributed by atoms with E-state index in [0.29, 0.717) is 12.3 Å². The number of nitrogens with one attached hydrogen (secondary N) is 1. The van der Waals surface area contributed by atoms with Crippen molar-refractivity contribution < 1.29 is 9.32 Å². The van der Waals surface area contributed by atoms with Gasteiger partial charge in [-0.3, -0.25) is 4.79 Å². The summed E-state index contributed by atoms with van der Waals surface area (Å²) in [7, 11) is 0. The van der Waals surface area contributed by atoms with Crippen LogP contribution in [0.1, 0.15) is 28.9 Å². The SMILES string of the molecule is O=C(NCc1ccnc(N2CCCC2)c1)c1cc(-c2ccccc2)on1. The lowest BCUT2D eigenvalue weighted by Crippen LogP contribution is -2.24. The molecule has 1 aromatic carbocycles. The molecule has 0 saturated carbocycles. The maximum atomic E-state index is 12.3. The van der Waals surface area contributed by atoms with Gasteiger partial charge in [0.2, 0.25) is 0 Å². The van der Waals surface area contributed by atoms with Gasteiger partial charge >= 0.3 is 0 Å². The van der Waals surface area contributed by atoms with Gasteiger partial charge in [0, 0.05) is 37.5 Å². The van der Waals surface area contributed by atoms with E-state index in [1.54, 1.807) is 12.3 Å². The Morgan fingerprint density at radius 3 is 2.73 bits per heavy atom. The van der Waals surface area contributed by atoms with Gasteiger partial charge in [0.25, 0.3) is 5.91 Å². The quantitative estimate of drug-likeness (QED) is 0.766. The van der Waals surface area contributed by atoms with Gasteiger partial charge in [-0.25, -0.2) is 4.98 Å². The summed E-state index contributed by atoms with van der Waals surface area (Å²) >= 11 is 0. The molecule has 0 aliphatic carbocycles. The third-order valence-corrected chi connectivity index (χ3v) is 4.49. The van der Waals surface area contributed by atoms with Crippen LogP contribution in [0, 0.1) is 0 Å². The number of carbonyl (C=O) groups is 1. The molecule has 0 radical (unpaired) electrons. The zero-order valence-electron chi connectivity index (χ0n) is 14.4. The normalized spacial score (nSPS) is 13.8. The van der Waals surface area contributed by atoms with Crippen LogP contribution < -0.4 is 10.2 Å². The number of aromatic nitrogens is 2. The van der Waals surface area contributed by atoms with Gasteiger partial charge in [0.1, 0.15) is 5.82 Å². The monoisotopic (exact) mass is 348 g/mol. The zero-order valence-corrected chi connectivity index (χ0v) is 14.4. The Labute approximate surface area is 151 Å². The summed E-state index contributed by atoms with van der Waals surface area (Å²) in [6, 6.07) is 15.2. The van der Waals surface area contributed by atoms with E-state index in [1.165, 1.54) is 12.8 Å². The number of amides is 1.